The summed E-state index contributed by atoms with van der Waals surface area (Å²) >= 11 is 0. The minimum atomic E-state index is -1.05. The van der Waals surface area contributed by atoms with Gasteiger partial charge >= 0.3 is 0 Å². The Morgan fingerprint density at radius 1 is 1.00 bits per heavy atom. The minimum absolute atomic E-state index is 0.290. The zero-order chi connectivity index (χ0) is 21.8. The van der Waals surface area contributed by atoms with E-state index in [-0.39, 0.29) is 5.41 Å². The fraction of sp³-hybridized carbons (Fsp3) is 0.760. The van der Waals surface area contributed by atoms with E-state index in [4.69, 9.17) is 9.47 Å². The van der Waals surface area contributed by atoms with E-state index < -0.39 is 10.8 Å². The van der Waals surface area contributed by atoms with E-state index >= 15 is 0 Å². The Bertz CT molecular complexity index is 677. The lowest BCUT2D eigenvalue weighted by molar-refractivity contribution is -0.0853. The van der Waals surface area contributed by atoms with Crippen LogP contribution in [0.4, 0.5) is 0 Å². The summed E-state index contributed by atoms with van der Waals surface area (Å²) < 4.78 is 24.1. The smallest absolute Gasteiger partial charge is 0.123 e. The molecule has 5 unspecified atom stereocenters. The zero-order valence-electron chi connectivity index (χ0n) is 19.8. The maximum atomic E-state index is 13.4. The Labute approximate surface area is 181 Å². The van der Waals surface area contributed by atoms with Gasteiger partial charge in [-0.1, -0.05) is 54.4 Å². The van der Waals surface area contributed by atoms with Crippen LogP contribution < -0.4 is 9.47 Å². The second-order valence-corrected chi connectivity index (χ2v) is 11.1. The summed E-state index contributed by atoms with van der Waals surface area (Å²) in [5, 5.41) is 0. The molecule has 2 fully saturated rings. The van der Waals surface area contributed by atoms with E-state index in [1.807, 2.05) is 32.0 Å². The summed E-state index contributed by atoms with van der Waals surface area (Å²) in [5.41, 5.74) is 0.685. The van der Waals surface area contributed by atoms with Gasteiger partial charge in [0.15, 0.2) is 0 Å². The summed E-state index contributed by atoms with van der Waals surface area (Å²) in [7, 11) is 2.23. The fourth-order valence-corrected chi connectivity index (χ4v) is 7.86. The predicted octanol–water partition coefficient (Wildman–Crippen LogP) is 6.72. The quantitative estimate of drug-likeness (QED) is 0.528. The van der Waals surface area contributed by atoms with Crippen LogP contribution in [0.15, 0.2) is 23.1 Å². The molecule has 0 amide bonds. The molecular formula is C25H42O3S. The largest absolute Gasteiger partial charge is 0.497 e. The van der Waals surface area contributed by atoms with Crippen molar-refractivity contribution in [2.24, 2.45) is 28.6 Å². The molecule has 0 heterocycles. The van der Waals surface area contributed by atoms with Gasteiger partial charge in [0.1, 0.15) is 11.5 Å². The van der Waals surface area contributed by atoms with Gasteiger partial charge in [-0.3, -0.25) is 4.21 Å². The van der Waals surface area contributed by atoms with Gasteiger partial charge in [0.25, 0.3) is 0 Å². The van der Waals surface area contributed by atoms with Crippen molar-refractivity contribution in [2.75, 3.05) is 20.0 Å². The van der Waals surface area contributed by atoms with Crippen molar-refractivity contribution >= 4 is 10.8 Å². The summed E-state index contributed by atoms with van der Waals surface area (Å²) in [6, 6.07) is 5.64. The number of ether oxygens (including phenoxy) is 2. The van der Waals surface area contributed by atoms with Crippen molar-refractivity contribution in [1.29, 1.82) is 0 Å². The summed E-state index contributed by atoms with van der Waals surface area (Å²) in [4.78, 5) is 0.819. The molecule has 0 radical (unpaired) electrons. The van der Waals surface area contributed by atoms with E-state index in [9.17, 15) is 4.21 Å². The molecule has 0 spiro atoms. The lowest BCUT2D eigenvalue weighted by Gasteiger charge is -2.59. The van der Waals surface area contributed by atoms with Gasteiger partial charge in [-0.15, -0.1) is 0 Å². The standard InChI is InChI=1S/C23H36O3S.C2H6/c1-16-8-9-21-22(2,3)10-7-11-23(21,4)20(16)15-27(24)19-13-17(25-5)12-18(14-19)26-6;1-2/h12-14,16,20-21H,7-11,15H2,1-6H3;1-2H3. The van der Waals surface area contributed by atoms with Gasteiger partial charge < -0.3 is 9.47 Å². The van der Waals surface area contributed by atoms with Crippen molar-refractivity contribution in [3.8, 4) is 11.5 Å². The molecule has 166 valence electrons. The molecule has 3 rings (SSSR count). The number of benzene rings is 1. The van der Waals surface area contributed by atoms with Gasteiger partial charge in [-0.05, 0) is 60.0 Å². The lowest BCUT2D eigenvalue weighted by Crippen LogP contribution is -2.52. The van der Waals surface area contributed by atoms with Gasteiger partial charge in [-0.2, -0.15) is 0 Å². The molecule has 1 aromatic carbocycles. The molecule has 1 aromatic rings. The molecule has 2 saturated carbocycles. The minimum Gasteiger partial charge on any atom is -0.497 e. The highest BCUT2D eigenvalue weighted by atomic mass is 32.2. The lowest BCUT2D eigenvalue weighted by atomic mass is 9.47. The van der Waals surface area contributed by atoms with Crippen LogP contribution >= 0.6 is 0 Å². The van der Waals surface area contributed by atoms with Crippen LogP contribution in [-0.4, -0.2) is 24.2 Å². The van der Waals surface area contributed by atoms with Crippen molar-refractivity contribution in [2.45, 2.75) is 78.5 Å². The van der Waals surface area contributed by atoms with Crippen LogP contribution in [0, 0.1) is 28.6 Å². The second kappa shape index (κ2) is 9.85. The van der Waals surface area contributed by atoms with E-state index in [0.717, 1.165) is 16.6 Å². The average Bonchev–Trinajstić information content (AvgIpc) is 2.71. The van der Waals surface area contributed by atoms with Gasteiger partial charge in [0.05, 0.1) is 25.0 Å². The van der Waals surface area contributed by atoms with Gasteiger partial charge in [0.2, 0.25) is 0 Å². The van der Waals surface area contributed by atoms with Crippen molar-refractivity contribution in [3.63, 3.8) is 0 Å². The van der Waals surface area contributed by atoms with E-state index in [2.05, 4.69) is 27.7 Å². The summed E-state index contributed by atoms with van der Waals surface area (Å²) in [5.74, 6) is 4.00. The Hall–Kier alpha value is -1.03. The highest BCUT2D eigenvalue weighted by Gasteiger charge is 2.53. The van der Waals surface area contributed by atoms with E-state index in [0.29, 0.717) is 28.7 Å². The molecule has 0 bridgehead atoms. The van der Waals surface area contributed by atoms with Crippen molar-refractivity contribution in [3.05, 3.63) is 18.2 Å². The number of fused-ring (bicyclic) bond motifs is 1. The number of hydrogen-bond acceptors (Lipinski definition) is 3. The molecule has 29 heavy (non-hydrogen) atoms. The molecular weight excluding hydrogens is 380 g/mol. The first-order chi connectivity index (χ1) is 13.7. The summed E-state index contributed by atoms with van der Waals surface area (Å²) in [6.45, 7) is 13.8. The van der Waals surface area contributed by atoms with Crippen molar-refractivity contribution < 1.29 is 13.7 Å². The Morgan fingerprint density at radius 3 is 2.14 bits per heavy atom. The average molecular weight is 423 g/mol. The third-order valence-corrected chi connectivity index (χ3v) is 9.06. The first-order valence-corrected chi connectivity index (χ1v) is 12.6. The summed E-state index contributed by atoms with van der Waals surface area (Å²) in [6.07, 6.45) is 6.47. The van der Waals surface area contributed by atoms with Gasteiger partial charge in [-0.25, -0.2) is 0 Å². The normalized spacial score (nSPS) is 31.7. The highest BCUT2D eigenvalue weighted by Crippen LogP contribution is 2.61. The van der Waals surface area contributed by atoms with Gasteiger partial charge in [0, 0.05) is 16.7 Å². The van der Waals surface area contributed by atoms with Crippen LogP contribution in [0.2, 0.25) is 0 Å². The monoisotopic (exact) mass is 422 g/mol. The zero-order valence-corrected chi connectivity index (χ0v) is 20.7. The Kier molecular flexibility index (Phi) is 8.23. The number of hydrogen-bond donors (Lipinski definition) is 0. The molecule has 0 N–H and O–H groups in total. The Morgan fingerprint density at radius 2 is 1.59 bits per heavy atom. The molecule has 5 atom stereocenters. The molecule has 2 aliphatic rings. The Balaban J connectivity index is 0.00000145. The number of methoxy groups -OCH3 is 2. The van der Waals surface area contributed by atoms with Crippen LogP contribution in [0.3, 0.4) is 0 Å². The maximum Gasteiger partial charge on any atom is 0.123 e. The van der Waals surface area contributed by atoms with Crippen molar-refractivity contribution in [1.82, 2.24) is 0 Å². The third kappa shape index (κ3) is 5.00. The van der Waals surface area contributed by atoms with Crippen LogP contribution in [0.1, 0.15) is 73.6 Å². The maximum absolute atomic E-state index is 13.4. The topological polar surface area (TPSA) is 35.5 Å². The van der Waals surface area contributed by atoms with Crippen LogP contribution in [-0.2, 0) is 10.8 Å². The molecule has 0 aliphatic heterocycles. The number of rotatable bonds is 5. The van der Waals surface area contributed by atoms with Crippen LogP contribution in [0.25, 0.3) is 0 Å². The third-order valence-electron chi connectivity index (χ3n) is 7.64. The molecule has 0 saturated heterocycles. The molecule has 0 aromatic heterocycles. The van der Waals surface area contributed by atoms with E-state index in [1.54, 1.807) is 14.2 Å². The van der Waals surface area contributed by atoms with E-state index in [1.165, 1.54) is 32.1 Å². The first kappa shape index (κ1) is 24.2. The highest BCUT2D eigenvalue weighted by molar-refractivity contribution is 7.85. The molecule has 3 nitrogen and oxygen atoms in total. The molecule has 4 heteroatoms. The predicted molar refractivity (Wildman–Crippen MR) is 123 cm³/mol. The fourth-order valence-electron chi connectivity index (χ4n) is 6.14. The second-order valence-electron chi connectivity index (χ2n) is 9.62. The van der Waals surface area contributed by atoms with Crippen LogP contribution in [0.5, 0.6) is 11.5 Å². The SMILES string of the molecule is CC.COc1cc(OC)cc(S(=O)CC2C(C)CCC3C(C)(C)CCCC23C)c1. The molecule has 2 aliphatic carbocycles. The first-order valence-electron chi connectivity index (χ1n) is 11.3.